The maximum atomic E-state index is 5.65. The highest BCUT2D eigenvalue weighted by Gasteiger charge is 2.15. The van der Waals surface area contributed by atoms with Crippen molar-refractivity contribution in [2.24, 2.45) is 0 Å². The van der Waals surface area contributed by atoms with Gasteiger partial charge in [0.1, 0.15) is 0 Å². The zero-order valence-electron chi connectivity index (χ0n) is 8.98. The van der Waals surface area contributed by atoms with Crippen LogP contribution in [0.15, 0.2) is 10.9 Å². The van der Waals surface area contributed by atoms with E-state index < -0.39 is 0 Å². The largest absolute Gasteiger partial charge is 0.374 e. The van der Waals surface area contributed by atoms with Crippen LogP contribution in [-0.4, -0.2) is 49.3 Å². The van der Waals surface area contributed by atoms with Crippen molar-refractivity contribution in [2.75, 3.05) is 33.3 Å². The number of likely N-dealkylation sites (N-methyl/N-ethyl adjacent to an activating group) is 1. The molecule has 0 amide bonds. The Morgan fingerprint density at radius 2 is 2.67 bits per heavy atom. The van der Waals surface area contributed by atoms with Gasteiger partial charge in [-0.15, -0.1) is 11.3 Å². The summed E-state index contributed by atoms with van der Waals surface area (Å²) in [5, 5.41) is 5.43. The normalized spacial score (nSPS) is 22.1. The minimum absolute atomic E-state index is 0.322. The van der Waals surface area contributed by atoms with E-state index in [0.717, 1.165) is 38.5 Å². The van der Waals surface area contributed by atoms with Crippen LogP contribution in [0.25, 0.3) is 0 Å². The fraction of sp³-hybridized carbons (Fsp3) is 0.700. The molecule has 0 saturated carbocycles. The van der Waals surface area contributed by atoms with Crippen molar-refractivity contribution in [1.29, 1.82) is 0 Å². The van der Waals surface area contributed by atoms with Crippen LogP contribution in [0, 0.1) is 0 Å². The van der Waals surface area contributed by atoms with E-state index in [9.17, 15) is 0 Å². The number of ether oxygens (including phenoxy) is 1. The first-order valence-electron chi connectivity index (χ1n) is 5.22. The molecule has 2 rings (SSSR count). The number of rotatable bonds is 4. The lowest BCUT2D eigenvalue weighted by Crippen LogP contribution is -2.44. The molecule has 1 unspecified atom stereocenters. The predicted molar refractivity (Wildman–Crippen MR) is 61.1 cm³/mol. The Hall–Kier alpha value is -0.490. The van der Waals surface area contributed by atoms with Gasteiger partial charge in [-0.25, -0.2) is 4.98 Å². The van der Waals surface area contributed by atoms with E-state index in [1.54, 1.807) is 11.3 Å². The van der Waals surface area contributed by atoms with Gasteiger partial charge in [0.15, 0.2) is 0 Å². The quantitative estimate of drug-likeness (QED) is 0.816. The second-order valence-corrected chi connectivity index (χ2v) is 4.59. The standard InChI is InChI=1S/C10H17N3OS/c1-13(5-9-7-15-8-12-9)6-10-4-11-2-3-14-10/h7-8,10-11H,2-6H2,1H3. The van der Waals surface area contributed by atoms with E-state index >= 15 is 0 Å². The molecular formula is C10H17N3OS. The number of hydrogen-bond donors (Lipinski definition) is 1. The van der Waals surface area contributed by atoms with Crippen LogP contribution in [0.5, 0.6) is 0 Å². The summed E-state index contributed by atoms with van der Waals surface area (Å²) < 4.78 is 5.65. The summed E-state index contributed by atoms with van der Waals surface area (Å²) >= 11 is 1.65. The fourth-order valence-corrected chi connectivity index (χ4v) is 2.29. The number of morpholine rings is 1. The summed E-state index contributed by atoms with van der Waals surface area (Å²) in [6.07, 6.45) is 0.322. The maximum absolute atomic E-state index is 5.65. The number of nitrogens with one attached hydrogen (secondary N) is 1. The van der Waals surface area contributed by atoms with Crippen LogP contribution in [0.4, 0.5) is 0 Å². The zero-order chi connectivity index (χ0) is 10.5. The monoisotopic (exact) mass is 227 g/mol. The lowest BCUT2D eigenvalue weighted by atomic mass is 10.3. The highest BCUT2D eigenvalue weighted by molar-refractivity contribution is 7.07. The van der Waals surface area contributed by atoms with Crippen LogP contribution in [0.1, 0.15) is 5.69 Å². The molecule has 1 aliphatic heterocycles. The number of nitrogens with zero attached hydrogens (tertiary/aromatic N) is 2. The van der Waals surface area contributed by atoms with E-state index in [-0.39, 0.29) is 0 Å². The number of hydrogen-bond acceptors (Lipinski definition) is 5. The summed E-state index contributed by atoms with van der Waals surface area (Å²) in [5.74, 6) is 0. The molecule has 0 radical (unpaired) electrons. The summed E-state index contributed by atoms with van der Waals surface area (Å²) in [7, 11) is 2.11. The molecule has 1 aromatic heterocycles. The van der Waals surface area contributed by atoms with E-state index in [1.165, 1.54) is 0 Å². The smallest absolute Gasteiger partial charge is 0.0826 e. The molecule has 0 aliphatic carbocycles. The molecule has 1 saturated heterocycles. The topological polar surface area (TPSA) is 37.4 Å². The van der Waals surface area contributed by atoms with Crippen molar-refractivity contribution in [2.45, 2.75) is 12.6 Å². The van der Waals surface area contributed by atoms with Gasteiger partial charge in [-0.3, -0.25) is 4.90 Å². The van der Waals surface area contributed by atoms with Gasteiger partial charge in [0.25, 0.3) is 0 Å². The molecule has 1 N–H and O–H groups in total. The molecule has 5 heteroatoms. The molecular weight excluding hydrogens is 210 g/mol. The van der Waals surface area contributed by atoms with Crippen LogP contribution >= 0.6 is 11.3 Å². The van der Waals surface area contributed by atoms with E-state index in [1.807, 2.05) is 5.51 Å². The first-order chi connectivity index (χ1) is 7.34. The van der Waals surface area contributed by atoms with E-state index in [0.29, 0.717) is 6.10 Å². The Balaban J connectivity index is 1.74. The van der Waals surface area contributed by atoms with Crippen molar-refractivity contribution < 1.29 is 4.74 Å². The molecule has 1 atom stereocenters. The van der Waals surface area contributed by atoms with Gasteiger partial charge in [0, 0.05) is 31.6 Å². The van der Waals surface area contributed by atoms with Gasteiger partial charge >= 0.3 is 0 Å². The Kier molecular flexibility index (Phi) is 4.08. The van der Waals surface area contributed by atoms with Gasteiger partial charge in [0.05, 0.1) is 23.9 Å². The fourth-order valence-electron chi connectivity index (χ4n) is 1.74. The second-order valence-electron chi connectivity index (χ2n) is 3.87. The Morgan fingerprint density at radius 3 is 3.33 bits per heavy atom. The molecule has 1 aromatic rings. The van der Waals surface area contributed by atoms with Crippen LogP contribution in [0.2, 0.25) is 0 Å². The highest BCUT2D eigenvalue weighted by atomic mass is 32.1. The minimum atomic E-state index is 0.322. The van der Waals surface area contributed by atoms with E-state index in [2.05, 4.69) is 27.6 Å². The average molecular weight is 227 g/mol. The third-order valence-corrected chi connectivity index (χ3v) is 3.07. The molecule has 4 nitrogen and oxygen atoms in total. The van der Waals surface area contributed by atoms with Crippen molar-refractivity contribution in [1.82, 2.24) is 15.2 Å². The molecule has 0 bridgehead atoms. The van der Waals surface area contributed by atoms with Crippen LogP contribution in [-0.2, 0) is 11.3 Å². The second kappa shape index (κ2) is 5.55. The zero-order valence-corrected chi connectivity index (χ0v) is 9.80. The molecule has 0 aromatic carbocycles. The SMILES string of the molecule is CN(Cc1cscn1)CC1CNCCO1. The van der Waals surface area contributed by atoms with Gasteiger partial charge in [-0.1, -0.05) is 0 Å². The van der Waals surface area contributed by atoms with Crippen molar-refractivity contribution in [3.05, 3.63) is 16.6 Å². The average Bonchev–Trinajstić information content (AvgIpc) is 2.71. The molecule has 15 heavy (non-hydrogen) atoms. The Bertz CT molecular complexity index is 272. The Morgan fingerprint density at radius 1 is 1.73 bits per heavy atom. The minimum Gasteiger partial charge on any atom is -0.374 e. The van der Waals surface area contributed by atoms with Gasteiger partial charge < -0.3 is 10.1 Å². The van der Waals surface area contributed by atoms with Gasteiger partial charge in [0.2, 0.25) is 0 Å². The van der Waals surface area contributed by atoms with Crippen molar-refractivity contribution in [3.8, 4) is 0 Å². The van der Waals surface area contributed by atoms with Crippen molar-refractivity contribution >= 4 is 11.3 Å². The van der Waals surface area contributed by atoms with Gasteiger partial charge in [-0.2, -0.15) is 0 Å². The molecule has 1 fully saturated rings. The lowest BCUT2D eigenvalue weighted by Gasteiger charge is -2.27. The third-order valence-electron chi connectivity index (χ3n) is 2.44. The first kappa shape index (κ1) is 11.0. The lowest BCUT2D eigenvalue weighted by molar-refractivity contribution is 0.00870. The molecule has 84 valence electrons. The van der Waals surface area contributed by atoms with Crippen LogP contribution < -0.4 is 5.32 Å². The number of aromatic nitrogens is 1. The first-order valence-corrected chi connectivity index (χ1v) is 6.17. The highest BCUT2D eigenvalue weighted by Crippen LogP contribution is 2.06. The maximum Gasteiger partial charge on any atom is 0.0826 e. The summed E-state index contributed by atoms with van der Waals surface area (Å²) in [6, 6.07) is 0. The summed E-state index contributed by atoms with van der Waals surface area (Å²) in [5.41, 5.74) is 3.02. The van der Waals surface area contributed by atoms with E-state index in [4.69, 9.17) is 4.74 Å². The Labute approximate surface area is 94.3 Å². The van der Waals surface area contributed by atoms with Crippen molar-refractivity contribution in [3.63, 3.8) is 0 Å². The molecule has 2 heterocycles. The van der Waals surface area contributed by atoms with Gasteiger partial charge in [-0.05, 0) is 7.05 Å². The third kappa shape index (κ3) is 3.53. The van der Waals surface area contributed by atoms with Crippen LogP contribution in [0.3, 0.4) is 0 Å². The predicted octanol–water partition coefficient (Wildman–Crippen LogP) is 0.563. The number of thiazole rings is 1. The molecule has 0 spiro atoms. The summed E-state index contributed by atoms with van der Waals surface area (Å²) in [6.45, 7) is 4.64. The summed E-state index contributed by atoms with van der Waals surface area (Å²) in [4.78, 5) is 6.53. The molecule has 1 aliphatic rings.